The van der Waals surface area contributed by atoms with Gasteiger partial charge in [0.15, 0.2) is 5.82 Å². The number of anilines is 1. The van der Waals surface area contributed by atoms with Crippen LogP contribution in [0.25, 0.3) is 11.3 Å². The van der Waals surface area contributed by atoms with Crippen LogP contribution in [-0.4, -0.2) is 34.4 Å². The van der Waals surface area contributed by atoms with Crippen molar-refractivity contribution >= 4 is 11.8 Å². The molecular weight excluding hydrogens is 266 g/mol. The molecule has 5 nitrogen and oxygen atoms in total. The van der Waals surface area contributed by atoms with E-state index in [0.717, 1.165) is 30.2 Å². The Balaban J connectivity index is 1.71. The highest BCUT2D eigenvalue weighted by Gasteiger charge is 2.25. The molecule has 1 saturated heterocycles. The van der Waals surface area contributed by atoms with Gasteiger partial charge in [0.05, 0.1) is 11.6 Å². The number of piperidine rings is 1. The van der Waals surface area contributed by atoms with Gasteiger partial charge in [-0.1, -0.05) is 29.8 Å². The van der Waals surface area contributed by atoms with Crippen molar-refractivity contribution in [1.82, 2.24) is 10.2 Å². The second-order valence-electron chi connectivity index (χ2n) is 5.61. The Morgan fingerprint density at radius 3 is 2.57 bits per heavy atom. The van der Waals surface area contributed by atoms with E-state index in [1.807, 2.05) is 6.07 Å². The number of benzene rings is 1. The van der Waals surface area contributed by atoms with Crippen LogP contribution in [0.15, 0.2) is 30.3 Å². The van der Waals surface area contributed by atoms with Gasteiger partial charge in [0.2, 0.25) is 0 Å². The molecule has 2 heterocycles. The molecule has 0 aliphatic carbocycles. The fourth-order valence-electron chi connectivity index (χ4n) is 2.71. The second kappa shape index (κ2) is 5.60. The number of H-pyrrole nitrogens is 1. The van der Waals surface area contributed by atoms with Crippen LogP contribution in [0.5, 0.6) is 0 Å². The third-order valence-electron chi connectivity index (χ3n) is 4.10. The Bertz CT molecular complexity index is 625. The third-order valence-corrected chi connectivity index (χ3v) is 4.10. The van der Waals surface area contributed by atoms with E-state index in [4.69, 9.17) is 5.11 Å². The van der Waals surface area contributed by atoms with E-state index in [1.54, 1.807) is 0 Å². The molecule has 3 rings (SSSR count). The lowest BCUT2D eigenvalue weighted by atomic mass is 9.97. The van der Waals surface area contributed by atoms with Gasteiger partial charge in [0.25, 0.3) is 0 Å². The zero-order valence-corrected chi connectivity index (χ0v) is 12.0. The molecule has 1 fully saturated rings. The van der Waals surface area contributed by atoms with Gasteiger partial charge < -0.3 is 10.0 Å². The molecule has 2 N–H and O–H groups in total. The summed E-state index contributed by atoms with van der Waals surface area (Å²) in [6.45, 7) is 3.55. The van der Waals surface area contributed by atoms with Crippen molar-refractivity contribution in [1.29, 1.82) is 0 Å². The van der Waals surface area contributed by atoms with Crippen molar-refractivity contribution in [3.63, 3.8) is 0 Å². The summed E-state index contributed by atoms with van der Waals surface area (Å²) in [7, 11) is 0. The maximum atomic E-state index is 11.0. The first kappa shape index (κ1) is 13.7. The number of hydrogen-bond acceptors (Lipinski definition) is 3. The zero-order valence-electron chi connectivity index (χ0n) is 12.0. The molecule has 0 spiro atoms. The molecule has 1 aromatic heterocycles. The van der Waals surface area contributed by atoms with Crippen LogP contribution in [0.4, 0.5) is 5.82 Å². The van der Waals surface area contributed by atoms with Crippen LogP contribution in [0.2, 0.25) is 0 Å². The van der Waals surface area contributed by atoms with Crippen molar-refractivity contribution < 1.29 is 9.90 Å². The monoisotopic (exact) mass is 285 g/mol. The highest BCUT2D eigenvalue weighted by Crippen LogP contribution is 2.26. The Morgan fingerprint density at radius 1 is 1.29 bits per heavy atom. The first-order valence-corrected chi connectivity index (χ1v) is 7.23. The number of aromatic amines is 1. The van der Waals surface area contributed by atoms with Crippen molar-refractivity contribution in [3.8, 4) is 11.3 Å². The van der Waals surface area contributed by atoms with Crippen LogP contribution in [0.3, 0.4) is 0 Å². The minimum absolute atomic E-state index is 0.211. The fraction of sp³-hybridized carbons (Fsp3) is 0.375. The lowest BCUT2D eigenvalue weighted by Crippen LogP contribution is -2.36. The van der Waals surface area contributed by atoms with Crippen LogP contribution in [-0.2, 0) is 4.79 Å². The fourth-order valence-corrected chi connectivity index (χ4v) is 2.71. The Morgan fingerprint density at radius 2 is 1.95 bits per heavy atom. The summed E-state index contributed by atoms with van der Waals surface area (Å²) in [4.78, 5) is 13.1. The summed E-state index contributed by atoms with van der Waals surface area (Å²) in [5, 5.41) is 16.5. The van der Waals surface area contributed by atoms with E-state index in [9.17, 15) is 4.79 Å². The first-order chi connectivity index (χ1) is 10.1. The summed E-state index contributed by atoms with van der Waals surface area (Å²) < 4.78 is 0. The summed E-state index contributed by atoms with van der Waals surface area (Å²) in [5.74, 6) is 0.00296. The van der Waals surface area contributed by atoms with Gasteiger partial charge in [-0.3, -0.25) is 9.89 Å². The molecule has 1 aliphatic rings. The van der Waals surface area contributed by atoms with Gasteiger partial charge in [-0.2, -0.15) is 5.10 Å². The van der Waals surface area contributed by atoms with Gasteiger partial charge >= 0.3 is 5.97 Å². The summed E-state index contributed by atoms with van der Waals surface area (Å²) in [6, 6.07) is 10.3. The SMILES string of the molecule is Cc1ccc(-c2cc(N3CCC(C(=O)O)CC3)n[nH]2)cc1. The zero-order chi connectivity index (χ0) is 14.8. The number of aromatic nitrogens is 2. The predicted molar refractivity (Wildman–Crippen MR) is 81.3 cm³/mol. The first-order valence-electron chi connectivity index (χ1n) is 7.23. The maximum absolute atomic E-state index is 11.0. The minimum Gasteiger partial charge on any atom is -0.481 e. The van der Waals surface area contributed by atoms with Gasteiger partial charge in [0.1, 0.15) is 0 Å². The number of carboxylic acid groups (broad SMARTS) is 1. The molecule has 0 saturated carbocycles. The molecule has 110 valence electrons. The van der Waals surface area contributed by atoms with Gasteiger partial charge in [0, 0.05) is 19.2 Å². The standard InChI is InChI=1S/C16H19N3O2/c1-11-2-4-12(5-3-11)14-10-15(18-17-14)19-8-6-13(7-9-19)16(20)21/h2-5,10,13H,6-9H2,1H3,(H,17,18)(H,20,21). The lowest BCUT2D eigenvalue weighted by molar-refractivity contribution is -0.142. The topological polar surface area (TPSA) is 69.2 Å². The number of aliphatic carboxylic acids is 1. The molecule has 0 atom stereocenters. The van der Waals surface area contributed by atoms with Crippen molar-refractivity contribution in [3.05, 3.63) is 35.9 Å². The largest absolute Gasteiger partial charge is 0.481 e. The van der Waals surface area contributed by atoms with Crippen LogP contribution in [0.1, 0.15) is 18.4 Å². The summed E-state index contributed by atoms with van der Waals surface area (Å²) >= 11 is 0. The van der Waals surface area contributed by atoms with Crippen LogP contribution < -0.4 is 4.90 Å². The molecule has 21 heavy (non-hydrogen) atoms. The quantitative estimate of drug-likeness (QED) is 0.909. The number of aryl methyl sites for hydroxylation is 1. The molecule has 5 heteroatoms. The van der Waals surface area contributed by atoms with E-state index < -0.39 is 5.97 Å². The second-order valence-corrected chi connectivity index (χ2v) is 5.61. The number of nitrogens with zero attached hydrogens (tertiary/aromatic N) is 2. The number of hydrogen-bond donors (Lipinski definition) is 2. The van der Waals surface area contributed by atoms with Gasteiger partial charge in [-0.05, 0) is 25.3 Å². The molecule has 0 bridgehead atoms. The van der Waals surface area contributed by atoms with Gasteiger partial charge in [-0.15, -0.1) is 0 Å². The van der Waals surface area contributed by atoms with E-state index >= 15 is 0 Å². The maximum Gasteiger partial charge on any atom is 0.306 e. The minimum atomic E-state index is -0.683. The normalized spacial score (nSPS) is 16.1. The predicted octanol–water partition coefficient (Wildman–Crippen LogP) is 2.69. The third kappa shape index (κ3) is 2.91. The highest BCUT2D eigenvalue weighted by atomic mass is 16.4. The van der Waals surface area contributed by atoms with E-state index in [-0.39, 0.29) is 5.92 Å². The Kier molecular flexibility index (Phi) is 3.64. The molecule has 2 aromatic rings. The number of nitrogens with one attached hydrogen (secondary N) is 1. The number of rotatable bonds is 3. The molecule has 1 aliphatic heterocycles. The van der Waals surface area contributed by atoms with E-state index in [1.165, 1.54) is 5.56 Å². The molecular formula is C16H19N3O2. The molecule has 1 aromatic carbocycles. The molecule has 0 radical (unpaired) electrons. The van der Waals surface area contributed by atoms with Crippen LogP contribution in [0, 0.1) is 12.8 Å². The van der Waals surface area contributed by atoms with Gasteiger partial charge in [-0.25, -0.2) is 0 Å². The summed E-state index contributed by atoms with van der Waals surface area (Å²) in [6.07, 6.45) is 1.37. The Labute approximate surface area is 123 Å². The molecule has 0 unspecified atom stereocenters. The number of carboxylic acids is 1. The summed E-state index contributed by atoms with van der Waals surface area (Å²) in [5.41, 5.74) is 3.33. The average Bonchev–Trinajstić information content (AvgIpc) is 2.98. The molecule has 0 amide bonds. The van der Waals surface area contributed by atoms with Crippen LogP contribution >= 0.6 is 0 Å². The van der Waals surface area contributed by atoms with Crippen molar-refractivity contribution in [2.45, 2.75) is 19.8 Å². The van der Waals surface area contributed by atoms with E-state index in [0.29, 0.717) is 12.8 Å². The Hall–Kier alpha value is -2.30. The van der Waals surface area contributed by atoms with Crippen molar-refractivity contribution in [2.75, 3.05) is 18.0 Å². The highest BCUT2D eigenvalue weighted by molar-refractivity contribution is 5.70. The smallest absolute Gasteiger partial charge is 0.306 e. The average molecular weight is 285 g/mol. The van der Waals surface area contributed by atoms with E-state index in [2.05, 4.69) is 46.3 Å². The lowest BCUT2D eigenvalue weighted by Gasteiger charge is -2.29. The number of carbonyl (C=O) groups is 1. The van der Waals surface area contributed by atoms with Crippen molar-refractivity contribution in [2.24, 2.45) is 5.92 Å².